The van der Waals surface area contributed by atoms with Crippen LogP contribution in [0.25, 0.3) is 0 Å². The second kappa shape index (κ2) is 3.85. The van der Waals surface area contributed by atoms with Crippen molar-refractivity contribution >= 4 is 11.4 Å². The number of hydrogen-bond acceptors (Lipinski definition) is 1. The van der Waals surface area contributed by atoms with Gasteiger partial charge in [0.25, 0.3) is 0 Å². The summed E-state index contributed by atoms with van der Waals surface area (Å²) in [6.45, 7) is 4.24. The normalized spacial score (nSPS) is 13.4. The molecule has 0 spiro atoms. The molecule has 0 N–H and O–H groups in total. The van der Waals surface area contributed by atoms with Crippen molar-refractivity contribution < 1.29 is 0 Å². The molecule has 84 valence electrons. The van der Waals surface area contributed by atoms with Gasteiger partial charge in [0.2, 0.25) is 0 Å². The van der Waals surface area contributed by atoms with Gasteiger partial charge in [-0.15, -0.1) is 0 Å². The maximum atomic E-state index is 4.71. The van der Waals surface area contributed by atoms with Crippen LogP contribution >= 0.6 is 0 Å². The lowest BCUT2D eigenvalue weighted by Gasteiger charge is -2.00. The number of benzene rings is 2. The number of fused-ring (bicyclic) bond motifs is 1. The quantitative estimate of drug-likeness (QED) is 0.690. The SMILES string of the molecule is Cc1ccc(C2=Nc3ccc(C)cc3C2)cc1. The van der Waals surface area contributed by atoms with Gasteiger partial charge >= 0.3 is 0 Å². The summed E-state index contributed by atoms with van der Waals surface area (Å²) in [6, 6.07) is 15.1. The molecule has 0 fully saturated rings. The van der Waals surface area contributed by atoms with E-state index in [1.807, 2.05) is 0 Å². The molecule has 0 amide bonds. The lowest BCUT2D eigenvalue weighted by Crippen LogP contribution is -1.99. The van der Waals surface area contributed by atoms with E-state index < -0.39 is 0 Å². The van der Waals surface area contributed by atoms with Crippen molar-refractivity contribution in [2.75, 3.05) is 0 Å². The zero-order valence-electron chi connectivity index (χ0n) is 10.2. The van der Waals surface area contributed by atoms with E-state index in [1.54, 1.807) is 0 Å². The summed E-state index contributed by atoms with van der Waals surface area (Å²) in [6.07, 6.45) is 0.958. The maximum Gasteiger partial charge on any atom is 0.0669 e. The van der Waals surface area contributed by atoms with E-state index in [-0.39, 0.29) is 0 Å². The Hall–Kier alpha value is -1.89. The van der Waals surface area contributed by atoms with E-state index in [2.05, 4.69) is 56.3 Å². The zero-order valence-corrected chi connectivity index (χ0v) is 10.2. The highest BCUT2D eigenvalue weighted by atomic mass is 14.8. The Morgan fingerprint density at radius 2 is 1.59 bits per heavy atom. The number of aryl methyl sites for hydroxylation is 2. The van der Waals surface area contributed by atoms with Crippen LogP contribution in [0.4, 0.5) is 5.69 Å². The van der Waals surface area contributed by atoms with Crippen molar-refractivity contribution in [2.24, 2.45) is 4.99 Å². The number of nitrogens with zero attached hydrogens (tertiary/aromatic N) is 1. The minimum Gasteiger partial charge on any atom is -0.252 e. The fourth-order valence-electron chi connectivity index (χ4n) is 2.24. The summed E-state index contributed by atoms with van der Waals surface area (Å²) in [5.74, 6) is 0. The number of hydrogen-bond donors (Lipinski definition) is 0. The summed E-state index contributed by atoms with van der Waals surface area (Å²) in [5.41, 5.74) is 7.51. The molecule has 0 atom stereocenters. The molecule has 1 aliphatic rings. The lowest BCUT2D eigenvalue weighted by atomic mass is 10.0. The Labute approximate surface area is 102 Å². The smallest absolute Gasteiger partial charge is 0.0669 e. The van der Waals surface area contributed by atoms with Gasteiger partial charge in [-0.3, -0.25) is 4.99 Å². The standard InChI is InChI=1S/C16H15N/c1-11-3-6-13(7-4-11)16-10-14-9-12(2)5-8-15(14)17-16/h3-9H,10H2,1-2H3. The largest absolute Gasteiger partial charge is 0.252 e. The van der Waals surface area contributed by atoms with E-state index in [4.69, 9.17) is 4.99 Å². The van der Waals surface area contributed by atoms with Crippen molar-refractivity contribution in [3.63, 3.8) is 0 Å². The van der Waals surface area contributed by atoms with Crippen molar-refractivity contribution in [3.8, 4) is 0 Å². The third-order valence-corrected chi connectivity index (χ3v) is 3.23. The molecule has 3 rings (SSSR count). The second-order valence-electron chi connectivity index (χ2n) is 4.73. The summed E-state index contributed by atoms with van der Waals surface area (Å²) in [7, 11) is 0. The molecule has 1 heterocycles. The Bertz CT molecular complexity index is 591. The van der Waals surface area contributed by atoms with Gasteiger partial charge < -0.3 is 0 Å². The van der Waals surface area contributed by atoms with Crippen LogP contribution in [0.15, 0.2) is 47.5 Å². The van der Waals surface area contributed by atoms with Crippen LogP contribution in [0.1, 0.15) is 22.3 Å². The molecule has 0 aromatic heterocycles. The average Bonchev–Trinajstić information content (AvgIpc) is 2.72. The molecule has 0 bridgehead atoms. The molecular weight excluding hydrogens is 206 g/mol. The minimum atomic E-state index is 0.958. The first-order valence-corrected chi connectivity index (χ1v) is 5.96. The van der Waals surface area contributed by atoms with Gasteiger partial charge in [-0.05, 0) is 31.0 Å². The molecule has 2 aromatic carbocycles. The molecule has 1 heteroatoms. The fourth-order valence-corrected chi connectivity index (χ4v) is 2.24. The maximum absolute atomic E-state index is 4.71. The fraction of sp³-hybridized carbons (Fsp3) is 0.188. The van der Waals surface area contributed by atoms with Gasteiger partial charge in [-0.25, -0.2) is 0 Å². The van der Waals surface area contributed by atoms with E-state index in [9.17, 15) is 0 Å². The molecule has 0 saturated carbocycles. The van der Waals surface area contributed by atoms with Gasteiger partial charge in [0, 0.05) is 6.42 Å². The van der Waals surface area contributed by atoms with E-state index in [0.29, 0.717) is 0 Å². The predicted octanol–water partition coefficient (Wildman–Crippen LogP) is 3.98. The van der Waals surface area contributed by atoms with Gasteiger partial charge in [0.05, 0.1) is 11.4 Å². The molecular formula is C16H15N. The molecule has 0 unspecified atom stereocenters. The zero-order chi connectivity index (χ0) is 11.8. The Morgan fingerprint density at radius 3 is 2.35 bits per heavy atom. The van der Waals surface area contributed by atoms with E-state index in [0.717, 1.165) is 12.1 Å². The molecule has 0 saturated heterocycles. The minimum absolute atomic E-state index is 0.958. The highest BCUT2D eigenvalue weighted by Crippen LogP contribution is 2.29. The van der Waals surface area contributed by atoms with Crippen LogP contribution in [-0.4, -0.2) is 5.71 Å². The van der Waals surface area contributed by atoms with Crippen LogP contribution < -0.4 is 0 Å². The molecule has 1 aliphatic heterocycles. The van der Waals surface area contributed by atoms with Crippen LogP contribution in [-0.2, 0) is 6.42 Å². The van der Waals surface area contributed by atoms with Crippen molar-refractivity contribution in [3.05, 3.63) is 64.7 Å². The molecule has 2 aromatic rings. The summed E-state index contributed by atoms with van der Waals surface area (Å²) >= 11 is 0. The first-order chi connectivity index (χ1) is 8.22. The Morgan fingerprint density at radius 1 is 0.882 bits per heavy atom. The average molecular weight is 221 g/mol. The van der Waals surface area contributed by atoms with Gasteiger partial charge in [-0.2, -0.15) is 0 Å². The third kappa shape index (κ3) is 1.89. The first-order valence-electron chi connectivity index (χ1n) is 5.96. The van der Waals surface area contributed by atoms with Crippen molar-refractivity contribution in [1.29, 1.82) is 0 Å². The second-order valence-corrected chi connectivity index (χ2v) is 4.73. The first kappa shape index (κ1) is 10.3. The van der Waals surface area contributed by atoms with E-state index in [1.165, 1.54) is 28.0 Å². The van der Waals surface area contributed by atoms with Gasteiger partial charge in [0.1, 0.15) is 0 Å². The molecule has 0 aliphatic carbocycles. The van der Waals surface area contributed by atoms with Gasteiger partial charge in [0.15, 0.2) is 0 Å². The lowest BCUT2D eigenvalue weighted by molar-refractivity contribution is 1.34. The van der Waals surface area contributed by atoms with Crippen molar-refractivity contribution in [2.45, 2.75) is 20.3 Å². The number of rotatable bonds is 1. The molecule has 17 heavy (non-hydrogen) atoms. The van der Waals surface area contributed by atoms with Crippen LogP contribution in [0.2, 0.25) is 0 Å². The van der Waals surface area contributed by atoms with Crippen LogP contribution in [0.3, 0.4) is 0 Å². The molecule has 1 nitrogen and oxygen atoms in total. The predicted molar refractivity (Wildman–Crippen MR) is 72.3 cm³/mol. The summed E-state index contributed by atoms with van der Waals surface area (Å²) < 4.78 is 0. The topological polar surface area (TPSA) is 12.4 Å². The summed E-state index contributed by atoms with van der Waals surface area (Å²) in [5, 5.41) is 0. The van der Waals surface area contributed by atoms with Crippen LogP contribution in [0.5, 0.6) is 0 Å². The summed E-state index contributed by atoms with van der Waals surface area (Å²) in [4.78, 5) is 4.71. The van der Waals surface area contributed by atoms with E-state index >= 15 is 0 Å². The van der Waals surface area contributed by atoms with Gasteiger partial charge in [-0.1, -0.05) is 47.5 Å². The Balaban J connectivity index is 1.97. The molecule has 0 radical (unpaired) electrons. The van der Waals surface area contributed by atoms with Crippen LogP contribution in [0, 0.1) is 13.8 Å². The third-order valence-electron chi connectivity index (χ3n) is 3.23. The highest BCUT2D eigenvalue weighted by Gasteiger charge is 2.15. The van der Waals surface area contributed by atoms with Crippen molar-refractivity contribution in [1.82, 2.24) is 0 Å². The highest BCUT2D eigenvalue weighted by molar-refractivity contribution is 6.06. The Kier molecular flexibility index (Phi) is 2.32. The number of aliphatic imine (C=N–C) groups is 1. The monoisotopic (exact) mass is 221 g/mol.